The monoisotopic (exact) mass is 532 g/mol. The molecule has 38 heavy (non-hydrogen) atoms. The molecule has 5 rings (SSSR count). The molecule has 1 aromatic heterocycles. The van der Waals surface area contributed by atoms with Crippen LogP contribution in [0.3, 0.4) is 0 Å². The van der Waals surface area contributed by atoms with Gasteiger partial charge in [0.25, 0.3) is 5.95 Å². The van der Waals surface area contributed by atoms with Crippen molar-refractivity contribution in [2.45, 2.75) is 13.5 Å². The van der Waals surface area contributed by atoms with Crippen molar-refractivity contribution in [1.82, 2.24) is 9.97 Å². The lowest BCUT2D eigenvalue weighted by Crippen LogP contribution is -2.37. The van der Waals surface area contributed by atoms with Crippen LogP contribution >= 0.6 is 11.6 Å². The van der Waals surface area contributed by atoms with Crippen LogP contribution in [-0.4, -0.2) is 41.4 Å². The number of para-hydroxylation sites is 1. The fraction of sp³-hybridized carbons (Fsp3) is 0.214. The van der Waals surface area contributed by atoms with Gasteiger partial charge < -0.3 is 20.1 Å². The SMILES string of the molecule is Cc1cc(Nc2cc(Cl)cc(-c3ccccc3O)c2)ccc1CN=Nc1ncc(F)c(N2CCOCC2)n1. The van der Waals surface area contributed by atoms with Crippen molar-refractivity contribution in [3.8, 4) is 16.9 Å². The Hall–Kier alpha value is -4.08. The summed E-state index contributed by atoms with van der Waals surface area (Å²) < 4.78 is 19.6. The molecular weight excluding hydrogens is 507 g/mol. The van der Waals surface area contributed by atoms with Crippen LogP contribution in [0.1, 0.15) is 11.1 Å². The lowest BCUT2D eigenvalue weighted by Gasteiger charge is -2.27. The highest BCUT2D eigenvalue weighted by Crippen LogP contribution is 2.34. The second-order valence-corrected chi connectivity index (χ2v) is 9.29. The molecule has 10 heteroatoms. The highest BCUT2D eigenvalue weighted by atomic mass is 35.5. The van der Waals surface area contributed by atoms with E-state index in [1.165, 1.54) is 0 Å². The predicted molar refractivity (Wildman–Crippen MR) is 146 cm³/mol. The molecule has 2 N–H and O–H groups in total. The zero-order valence-electron chi connectivity index (χ0n) is 20.7. The van der Waals surface area contributed by atoms with E-state index >= 15 is 0 Å². The molecule has 0 spiro atoms. The normalized spacial score (nSPS) is 13.7. The molecule has 1 fully saturated rings. The Balaban J connectivity index is 1.27. The number of anilines is 3. The Bertz CT molecular complexity index is 1480. The average molecular weight is 533 g/mol. The Labute approximate surface area is 224 Å². The molecule has 0 atom stereocenters. The molecule has 1 aliphatic heterocycles. The summed E-state index contributed by atoms with van der Waals surface area (Å²) in [6.45, 7) is 4.50. The number of nitrogens with zero attached hydrogens (tertiary/aromatic N) is 5. The standard InChI is InChI=1S/C28H26ClFN6O2/c1-18-12-22(33-23-14-20(13-21(29)15-23)24-4-2-3-5-26(24)37)7-6-19(18)16-32-35-28-31-17-25(30)27(34-28)36-8-10-38-11-9-36/h2-7,12-15,17,33,37H,8-11,16H2,1H3. The summed E-state index contributed by atoms with van der Waals surface area (Å²) in [5, 5.41) is 22.5. The number of morpholine rings is 1. The van der Waals surface area contributed by atoms with E-state index in [0.29, 0.717) is 43.4 Å². The number of ether oxygens (including phenoxy) is 1. The summed E-state index contributed by atoms with van der Waals surface area (Å²) in [4.78, 5) is 10.0. The third kappa shape index (κ3) is 6.07. The number of hydrogen-bond donors (Lipinski definition) is 2. The van der Waals surface area contributed by atoms with E-state index in [1.54, 1.807) is 12.1 Å². The van der Waals surface area contributed by atoms with Gasteiger partial charge in [0.15, 0.2) is 11.6 Å². The molecule has 8 nitrogen and oxygen atoms in total. The van der Waals surface area contributed by atoms with Crippen LogP contribution in [0.5, 0.6) is 5.75 Å². The fourth-order valence-corrected chi connectivity index (χ4v) is 4.46. The number of hydrogen-bond acceptors (Lipinski definition) is 8. The maximum atomic E-state index is 14.2. The second-order valence-electron chi connectivity index (χ2n) is 8.85. The minimum Gasteiger partial charge on any atom is -0.507 e. The van der Waals surface area contributed by atoms with Gasteiger partial charge in [-0.1, -0.05) is 35.9 Å². The van der Waals surface area contributed by atoms with E-state index in [4.69, 9.17) is 16.3 Å². The summed E-state index contributed by atoms with van der Waals surface area (Å²) in [6.07, 6.45) is 1.12. The zero-order valence-corrected chi connectivity index (χ0v) is 21.5. The quantitative estimate of drug-likeness (QED) is 0.254. The fourth-order valence-electron chi connectivity index (χ4n) is 4.22. The maximum absolute atomic E-state index is 14.2. The number of phenols is 1. The van der Waals surface area contributed by atoms with Crippen LogP contribution < -0.4 is 10.2 Å². The topological polar surface area (TPSA) is 95.2 Å². The van der Waals surface area contributed by atoms with E-state index in [0.717, 1.165) is 34.3 Å². The second kappa shape index (κ2) is 11.5. The number of rotatable bonds is 7. The Morgan fingerprint density at radius 3 is 2.68 bits per heavy atom. The van der Waals surface area contributed by atoms with Crippen molar-refractivity contribution in [2.75, 3.05) is 36.5 Å². The van der Waals surface area contributed by atoms with Gasteiger partial charge in [-0.15, -0.1) is 5.11 Å². The molecule has 1 aliphatic rings. The van der Waals surface area contributed by atoms with Crippen molar-refractivity contribution >= 4 is 34.7 Å². The average Bonchev–Trinajstić information content (AvgIpc) is 2.91. The van der Waals surface area contributed by atoms with Crippen LogP contribution in [0.2, 0.25) is 5.02 Å². The molecule has 0 unspecified atom stereocenters. The van der Waals surface area contributed by atoms with Crippen molar-refractivity contribution in [1.29, 1.82) is 0 Å². The van der Waals surface area contributed by atoms with E-state index < -0.39 is 5.82 Å². The van der Waals surface area contributed by atoms with E-state index in [2.05, 4.69) is 25.5 Å². The molecule has 4 aromatic rings. The molecule has 2 heterocycles. The summed E-state index contributed by atoms with van der Waals surface area (Å²) in [5.74, 6) is 0.0381. The summed E-state index contributed by atoms with van der Waals surface area (Å²) >= 11 is 6.36. The predicted octanol–water partition coefficient (Wildman–Crippen LogP) is 6.81. The van der Waals surface area contributed by atoms with E-state index in [-0.39, 0.29) is 17.5 Å². The van der Waals surface area contributed by atoms with E-state index in [1.807, 2.05) is 60.4 Å². The number of nitrogens with one attached hydrogen (secondary N) is 1. The third-order valence-corrected chi connectivity index (χ3v) is 6.39. The van der Waals surface area contributed by atoms with E-state index in [9.17, 15) is 9.50 Å². The van der Waals surface area contributed by atoms with Crippen molar-refractivity contribution in [3.05, 3.63) is 88.8 Å². The van der Waals surface area contributed by atoms with Crippen molar-refractivity contribution in [3.63, 3.8) is 0 Å². The smallest absolute Gasteiger partial charge is 0.270 e. The molecule has 0 saturated carbocycles. The van der Waals surface area contributed by atoms with Crippen LogP contribution in [0, 0.1) is 12.7 Å². The number of phenolic OH excluding ortho intramolecular Hbond substituents is 1. The molecule has 1 saturated heterocycles. The minimum absolute atomic E-state index is 0.116. The molecule has 0 aliphatic carbocycles. The first-order valence-electron chi connectivity index (χ1n) is 12.1. The van der Waals surface area contributed by atoms with Gasteiger partial charge in [0.05, 0.1) is 26.0 Å². The number of aryl methyl sites for hydroxylation is 1. The number of halogens is 2. The number of azo groups is 1. The summed E-state index contributed by atoms with van der Waals surface area (Å²) in [5.41, 5.74) is 5.20. The van der Waals surface area contributed by atoms with Gasteiger partial charge in [0.2, 0.25) is 0 Å². The van der Waals surface area contributed by atoms with Crippen LogP contribution in [0.25, 0.3) is 11.1 Å². The lowest BCUT2D eigenvalue weighted by atomic mass is 10.0. The summed E-state index contributed by atoms with van der Waals surface area (Å²) in [6, 6.07) is 18.6. The highest BCUT2D eigenvalue weighted by Gasteiger charge is 2.17. The number of aromatic nitrogens is 2. The lowest BCUT2D eigenvalue weighted by molar-refractivity contribution is 0.122. The van der Waals surface area contributed by atoms with Gasteiger partial charge in [0, 0.05) is 35.1 Å². The number of aromatic hydroxyl groups is 1. The van der Waals surface area contributed by atoms with Crippen LogP contribution in [0.15, 0.2) is 77.1 Å². The Morgan fingerprint density at radius 2 is 1.89 bits per heavy atom. The Morgan fingerprint density at radius 1 is 1.08 bits per heavy atom. The molecule has 3 aromatic carbocycles. The van der Waals surface area contributed by atoms with Gasteiger partial charge in [-0.2, -0.15) is 10.1 Å². The van der Waals surface area contributed by atoms with Gasteiger partial charge in [-0.25, -0.2) is 9.37 Å². The van der Waals surface area contributed by atoms with Gasteiger partial charge in [-0.3, -0.25) is 0 Å². The molecule has 194 valence electrons. The largest absolute Gasteiger partial charge is 0.507 e. The van der Waals surface area contributed by atoms with Crippen molar-refractivity contribution < 1.29 is 14.2 Å². The highest BCUT2D eigenvalue weighted by molar-refractivity contribution is 6.31. The molecule has 0 amide bonds. The first-order chi connectivity index (χ1) is 18.5. The maximum Gasteiger partial charge on any atom is 0.270 e. The zero-order chi connectivity index (χ0) is 26.5. The first kappa shape index (κ1) is 25.6. The van der Waals surface area contributed by atoms with Crippen LogP contribution in [-0.2, 0) is 11.3 Å². The number of benzene rings is 3. The first-order valence-corrected chi connectivity index (χ1v) is 12.5. The summed E-state index contributed by atoms with van der Waals surface area (Å²) in [7, 11) is 0. The van der Waals surface area contributed by atoms with Crippen LogP contribution in [0.4, 0.5) is 27.5 Å². The molecule has 0 bridgehead atoms. The van der Waals surface area contributed by atoms with Crippen molar-refractivity contribution in [2.24, 2.45) is 10.2 Å². The van der Waals surface area contributed by atoms with Gasteiger partial charge in [0.1, 0.15) is 5.75 Å². The molecular formula is C28H26ClFN6O2. The third-order valence-electron chi connectivity index (χ3n) is 6.17. The van der Waals surface area contributed by atoms with Gasteiger partial charge >= 0.3 is 0 Å². The molecule has 0 radical (unpaired) electrons. The Kier molecular flexibility index (Phi) is 7.76. The minimum atomic E-state index is -0.489. The van der Waals surface area contributed by atoms with Gasteiger partial charge in [-0.05, 0) is 60.0 Å².